The number of aromatic amines is 1. The van der Waals surface area contributed by atoms with Crippen LogP contribution in [0.5, 0.6) is 5.75 Å². The number of para-hydroxylation sites is 1. The molecular formula is C19H22N4O3. The molecule has 0 radical (unpaired) electrons. The molecule has 0 bridgehead atoms. The summed E-state index contributed by atoms with van der Waals surface area (Å²) in [5, 5.41) is 4.96. The van der Waals surface area contributed by atoms with Crippen molar-refractivity contribution >= 4 is 11.0 Å². The van der Waals surface area contributed by atoms with Crippen LogP contribution in [0.1, 0.15) is 37.2 Å². The molecule has 3 heterocycles. The summed E-state index contributed by atoms with van der Waals surface area (Å²) in [6.07, 6.45) is 3.87. The Labute approximate surface area is 151 Å². The minimum absolute atomic E-state index is 0.155. The van der Waals surface area contributed by atoms with Crippen molar-refractivity contribution in [1.82, 2.24) is 19.7 Å². The Morgan fingerprint density at radius 2 is 2.12 bits per heavy atom. The second-order valence-corrected chi connectivity index (χ2v) is 6.40. The molecule has 0 spiro atoms. The molecule has 1 fully saturated rings. The van der Waals surface area contributed by atoms with Crippen LogP contribution in [0.15, 0.2) is 35.3 Å². The summed E-state index contributed by atoms with van der Waals surface area (Å²) in [4.78, 5) is 20.1. The number of nitrogens with zero attached hydrogens (tertiary/aromatic N) is 3. The van der Waals surface area contributed by atoms with Gasteiger partial charge in [-0.05, 0) is 25.8 Å². The molecule has 2 aromatic heterocycles. The molecule has 0 amide bonds. The van der Waals surface area contributed by atoms with E-state index in [1.807, 2.05) is 35.9 Å². The molecule has 1 aliphatic heterocycles. The van der Waals surface area contributed by atoms with Crippen molar-refractivity contribution in [3.8, 4) is 5.75 Å². The van der Waals surface area contributed by atoms with E-state index in [9.17, 15) is 4.79 Å². The molecule has 1 aliphatic rings. The fourth-order valence-corrected chi connectivity index (χ4v) is 3.39. The van der Waals surface area contributed by atoms with Gasteiger partial charge in [-0.15, -0.1) is 0 Å². The lowest BCUT2D eigenvalue weighted by Gasteiger charge is -2.22. The maximum absolute atomic E-state index is 12.5. The molecular weight excluding hydrogens is 332 g/mol. The highest BCUT2D eigenvalue weighted by atomic mass is 16.5. The van der Waals surface area contributed by atoms with Crippen LogP contribution >= 0.6 is 0 Å². The van der Waals surface area contributed by atoms with Gasteiger partial charge in [0.2, 0.25) is 0 Å². The Kier molecular flexibility index (Phi) is 4.71. The van der Waals surface area contributed by atoms with Gasteiger partial charge in [0.05, 0.1) is 18.8 Å². The third kappa shape index (κ3) is 3.22. The highest BCUT2D eigenvalue weighted by Gasteiger charge is 2.20. The van der Waals surface area contributed by atoms with Gasteiger partial charge in [0, 0.05) is 25.2 Å². The monoisotopic (exact) mass is 354 g/mol. The molecule has 0 unspecified atom stereocenters. The van der Waals surface area contributed by atoms with Gasteiger partial charge >= 0.3 is 0 Å². The van der Waals surface area contributed by atoms with E-state index in [-0.39, 0.29) is 11.6 Å². The number of fused-ring (bicyclic) bond motifs is 1. The van der Waals surface area contributed by atoms with Gasteiger partial charge in [-0.2, -0.15) is 5.10 Å². The van der Waals surface area contributed by atoms with Gasteiger partial charge < -0.3 is 14.5 Å². The van der Waals surface area contributed by atoms with Crippen molar-refractivity contribution in [3.05, 3.63) is 52.2 Å². The van der Waals surface area contributed by atoms with E-state index >= 15 is 0 Å². The summed E-state index contributed by atoms with van der Waals surface area (Å²) in [6.45, 7) is 3.97. The first-order valence-corrected chi connectivity index (χ1v) is 9.01. The van der Waals surface area contributed by atoms with E-state index in [1.165, 1.54) is 0 Å². The molecule has 4 rings (SSSR count). The quantitative estimate of drug-likeness (QED) is 0.761. The molecule has 7 nitrogen and oxygen atoms in total. The summed E-state index contributed by atoms with van der Waals surface area (Å²) < 4.78 is 13.0. The zero-order valence-corrected chi connectivity index (χ0v) is 14.8. The van der Waals surface area contributed by atoms with Gasteiger partial charge in [0.15, 0.2) is 5.65 Å². The SMILES string of the molecule is CCOc1ccccc1Cc1nc2c(cnn2C2CCOCC2)c(=O)[nH]1. The number of benzene rings is 1. The van der Waals surface area contributed by atoms with E-state index in [2.05, 4.69) is 10.1 Å². The Bertz CT molecular complexity index is 957. The standard InChI is InChI=1S/C19H22N4O3/c1-2-26-16-6-4-3-5-13(16)11-17-21-18-15(19(24)22-17)12-20-23(18)14-7-9-25-10-8-14/h3-6,12,14H,2,7-11H2,1H3,(H,21,22,24). The third-order valence-corrected chi connectivity index (χ3v) is 4.68. The number of ether oxygens (including phenoxy) is 2. The molecule has 136 valence electrons. The van der Waals surface area contributed by atoms with E-state index < -0.39 is 0 Å². The minimum atomic E-state index is -0.155. The van der Waals surface area contributed by atoms with E-state index in [1.54, 1.807) is 6.20 Å². The van der Waals surface area contributed by atoms with Crippen LogP contribution in [-0.4, -0.2) is 39.6 Å². The molecule has 1 aromatic carbocycles. The normalized spacial score (nSPS) is 15.4. The predicted octanol–water partition coefficient (Wildman–Crippen LogP) is 2.46. The first-order chi connectivity index (χ1) is 12.8. The van der Waals surface area contributed by atoms with Crippen LogP contribution in [0.2, 0.25) is 0 Å². The fraction of sp³-hybridized carbons (Fsp3) is 0.421. The lowest BCUT2D eigenvalue weighted by Crippen LogP contribution is -2.21. The summed E-state index contributed by atoms with van der Waals surface area (Å²) in [5.41, 5.74) is 1.48. The second-order valence-electron chi connectivity index (χ2n) is 6.40. The lowest BCUT2D eigenvalue weighted by atomic mass is 10.1. The number of hydrogen-bond acceptors (Lipinski definition) is 5. The summed E-state index contributed by atoms with van der Waals surface area (Å²) in [7, 11) is 0. The second kappa shape index (κ2) is 7.29. The highest BCUT2D eigenvalue weighted by Crippen LogP contribution is 2.24. The maximum atomic E-state index is 12.5. The molecule has 26 heavy (non-hydrogen) atoms. The van der Waals surface area contributed by atoms with Gasteiger partial charge in [0.25, 0.3) is 5.56 Å². The number of H-pyrrole nitrogens is 1. The van der Waals surface area contributed by atoms with Crippen LogP contribution in [0.3, 0.4) is 0 Å². The van der Waals surface area contributed by atoms with Crippen molar-refractivity contribution < 1.29 is 9.47 Å². The Morgan fingerprint density at radius 1 is 1.31 bits per heavy atom. The Hall–Kier alpha value is -2.67. The lowest BCUT2D eigenvalue weighted by molar-refractivity contribution is 0.0673. The topological polar surface area (TPSA) is 82.0 Å². The number of hydrogen-bond donors (Lipinski definition) is 1. The molecule has 1 N–H and O–H groups in total. The van der Waals surface area contributed by atoms with E-state index in [0.29, 0.717) is 43.1 Å². The third-order valence-electron chi connectivity index (χ3n) is 4.68. The molecule has 7 heteroatoms. The van der Waals surface area contributed by atoms with E-state index in [0.717, 1.165) is 24.2 Å². The van der Waals surface area contributed by atoms with E-state index in [4.69, 9.17) is 14.5 Å². The van der Waals surface area contributed by atoms with Crippen LogP contribution in [0.25, 0.3) is 11.0 Å². The number of aromatic nitrogens is 4. The zero-order chi connectivity index (χ0) is 17.9. The fourth-order valence-electron chi connectivity index (χ4n) is 3.39. The molecule has 0 aliphatic carbocycles. The average Bonchev–Trinajstić information content (AvgIpc) is 3.09. The van der Waals surface area contributed by atoms with Crippen molar-refractivity contribution in [2.75, 3.05) is 19.8 Å². The van der Waals surface area contributed by atoms with Gasteiger partial charge in [-0.25, -0.2) is 9.67 Å². The smallest absolute Gasteiger partial charge is 0.262 e. The molecule has 0 atom stereocenters. The molecule has 1 saturated heterocycles. The first kappa shape index (κ1) is 16.8. The van der Waals surface area contributed by atoms with Crippen molar-refractivity contribution in [1.29, 1.82) is 0 Å². The van der Waals surface area contributed by atoms with Gasteiger partial charge in [-0.1, -0.05) is 18.2 Å². The zero-order valence-electron chi connectivity index (χ0n) is 14.8. The maximum Gasteiger partial charge on any atom is 0.262 e. The Balaban J connectivity index is 1.71. The van der Waals surface area contributed by atoms with Crippen LogP contribution in [-0.2, 0) is 11.2 Å². The van der Waals surface area contributed by atoms with Crippen LogP contribution in [0, 0.1) is 0 Å². The van der Waals surface area contributed by atoms with Crippen molar-refractivity contribution in [2.24, 2.45) is 0 Å². The van der Waals surface area contributed by atoms with Crippen LogP contribution < -0.4 is 10.3 Å². The largest absolute Gasteiger partial charge is 0.494 e. The Morgan fingerprint density at radius 3 is 2.92 bits per heavy atom. The summed E-state index contributed by atoms with van der Waals surface area (Å²) in [6, 6.07) is 8.04. The molecule has 3 aromatic rings. The average molecular weight is 354 g/mol. The summed E-state index contributed by atoms with van der Waals surface area (Å²) in [5.74, 6) is 1.43. The number of nitrogens with one attached hydrogen (secondary N) is 1. The van der Waals surface area contributed by atoms with Crippen LogP contribution in [0.4, 0.5) is 0 Å². The summed E-state index contributed by atoms with van der Waals surface area (Å²) >= 11 is 0. The van der Waals surface area contributed by atoms with Gasteiger partial charge in [0.1, 0.15) is 17.0 Å². The van der Waals surface area contributed by atoms with Crippen molar-refractivity contribution in [3.63, 3.8) is 0 Å². The van der Waals surface area contributed by atoms with Gasteiger partial charge in [-0.3, -0.25) is 4.79 Å². The number of rotatable bonds is 5. The first-order valence-electron chi connectivity index (χ1n) is 9.01. The predicted molar refractivity (Wildman–Crippen MR) is 97.7 cm³/mol. The minimum Gasteiger partial charge on any atom is -0.494 e. The highest BCUT2D eigenvalue weighted by molar-refractivity contribution is 5.73. The van der Waals surface area contributed by atoms with Crippen molar-refractivity contribution in [2.45, 2.75) is 32.2 Å². The molecule has 0 saturated carbocycles.